The van der Waals surface area contributed by atoms with E-state index in [9.17, 15) is 8.42 Å². The Morgan fingerprint density at radius 2 is 2.09 bits per heavy atom. The smallest absolute Gasteiger partial charge is 0.267 e. The minimum absolute atomic E-state index is 0.147. The molecule has 0 bridgehead atoms. The Kier molecular flexibility index (Phi) is 3.28. The fourth-order valence-electron chi connectivity index (χ4n) is 2.28. The van der Waals surface area contributed by atoms with Crippen LogP contribution in [0.25, 0.3) is 10.6 Å². The van der Waals surface area contributed by atoms with E-state index in [1.807, 2.05) is 11.4 Å². The molecule has 0 radical (unpaired) electrons. The van der Waals surface area contributed by atoms with Gasteiger partial charge in [0.25, 0.3) is 10.0 Å². The van der Waals surface area contributed by atoms with E-state index in [4.69, 9.17) is 4.42 Å². The lowest BCUT2D eigenvalue weighted by Crippen LogP contribution is -2.31. The third-order valence-corrected chi connectivity index (χ3v) is 6.10. The normalized spacial score (nSPS) is 15.6. The first-order chi connectivity index (χ1) is 11.1. The first-order valence-electron chi connectivity index (χ1n) is 6.76. The van der Waals surface area contributed by atoms with Crippen LogP contribution in [0.3, 0.4) is 0 Å². The van der Waals surface area contributed by atoms with Crippen LogP contribution in [0.15, 0.2) is 62.5 Å². The van der Waals surface area contributed by atoms with E-state index in [0.29, 0.717) is 11.4 Å². The van der Waals surface area contributed by atoms with Crippen molar-refractivity contribution >= 4 is 33.4 Å². The molecule has 0 saturated carbocycles. The van der Waals surface area contributed by atoms with Gasteiger partial charge in [0.2, 0.25) is 0 Å². The van der Waals surface area contributed by atoms with E-state index in [0.717, 1.165) is 10.6 Å². The predicted molar refractivity (Wildman–Crippen MR) is 87.1 cm³/mol. The number of aromatic nitrogens is 1. The number of fused-ring (bicyclic) bond motifs is 1. The van der Waals surface area contributed by atoms with Crippen LogP contribution < -0.4 is 0 Å². The Morgan fingerprint density at radius 3 is 2.91 bits per heavy atom. The second-order valence-electron chi connectivity index (χ2n) is 4.92. The van der Waals surface area contributed by atoms with Crippen LogP contribution in [0.4, 0.5) is 5.69 Å². The number of hydrogen-bond acceptors (Lipinski definition) is 6. The number of thiazole rings is 1. The number of aliphatic imine (C=N–C) groups is 1. The van der Waals surface area contributed by atoms with Crippen molar-refractivity contribution in [3.63, 3.8) is 0 Å². The zero-order chi connectivity index (χ0) is 15.9. The molecule has 2 aromatic heterocycles. The second kappa shape index (κ2) is 5.32. The molecular formula is C15H11N3O3S2. The summed E-state index contributed by atoms with van der Waals surface area (Å²) in [6, 6.07) is 8.51. The summed E-state index contributed by atoms with van der Waals surface area (Å²) < 4.78 is 31.5. The minimum atomic E-state index is -3.60. The van der Waals surface area contributed by atoms with Crippen molar-refractivity contribution in [3.05, 3.63) is 53.9 Å². The predicted octanol–water partition coefficient (Wildman–Crippen LogP) is 3.27. The van der Waals surface area contributed by atoms with Gasteiger partial charge in [-0.2, -0.15) is 0 Å². The van der Waals surface area contributed by atoms with E-state index >= 15 is 0 Å². The molecule has 4 rings (SSSR count). The summed E-state index contributed by atoms with van der Waals surface area (Å²) in [4.78, 5) is 8.88. The fourth-order valence-corrected chi connectivity index (χ4v) is 4.44. The summed E-state index contributed by atoms with van der Waals surface area (Å²) >= 11 is 1.44. The number of sulfonamides is 1. The highest BCUT2D eigenvalue weighted by atomic mass is 32.2. The maximum atomic E-state index is 12.6. The number of rotatable bonds is 3. The maximum absolute atomic E-state index is 12.6. The third-order valence-electron chi connectivity index (χ3n) is 3.42. The van der Waals surface area contributed by atoms with E-state index in [2.05, 4.69) is 9.98 Å². The highest BCUT2D eigenvalue weighted by Gasteiger charge is 2.28. The monoisotopic (exact) mass is 345 g/mol. The van der Waals surface area contributed by atoms with Crippen molar-refractivity contribution in [3.8, 4) is 10.6 Å². The van der Waals surface area contributed by atoms with E-state index in [1.54, 1.807) is 36.8 Å². The zero-order valence-electron chi connectivity index (χ0n) is 11.8. The summed E-state index contributed by atoms with van der Waals surface area (Å²) in [5.41, 5.74) is 2.00. The van der Waals surface area contributed by atoms with Crippen LogP contribution in [-0.4, -0.2) is 24.0 Å². The molecule has 0 atom stereocenters. The van der Waals surface area contributed by atoms with Crippen LogP contribution in [0, 0.1) is 0 Å². The molecule has 3 heterocycles. The van der Waals surface area contributed by atoms with Gasteiger partial charge < -0.3 is 4.42 Å². The number of hydrogen-bond donors (Lipinski definition) is 0. The van der Waals surface area contributed by atoms with Gasteiger partial charge in [0.1, 0.15) is 22.5 Å². The molecule has 23 heavy (non-hydrogen) atoms. The molecule has 8 heteroatoms. The molecule has 0 amide bonds. The van der Waals surface area contributed by atoms with E-state index in [1.165, 1.54) is 22.0 Å². The Morgan fingerprint density at radius 1 is 1.22 bits per heavy atom. The number of furan rings is 1. The molecule has 0 unspecified atom stereocenters. The Hall–Kier alpha value is -2.45. The number of para-hydroxylation sites is 1. The van der Waals surface area contributed by atoms with Crippen molar-refractivity contribution in [1.29, 1.82) is 0 Å². The molecule has 0 aliphatic carbocycles. The van der Waals surface area contributed by atoms with Crippen LogP contribution in [0.5, 0.6) is 0 Å². The van der Waals surface area contributed by atoms with Gasteiger partial charge in [-0.1, -0.05) is 12.1 Å². The average molecular weight is 345 g/mol. The lowest BCUT2D eigenvalue weighted by molar-refractivity contribution is 0.519. The van der Waals surface area contributed by atoms with Gasteiger partial charge in [-0.3, -0.25) is 4.31 Å². The zero-order valence-corrected chi connectivity index (χ0v) is 13.4. The lowest BCUT2D eigenvalue weighted by atomic mass is 10.3. The summed E-state index contributed by atoms with van der Waals surface area (Å²) in [7, 11) is -3.60. The van der Waals surface area contributed by atoms with Gasteiger partial charge in [-0.15, -0.1) is 11.3 Å². The first-order valence-corrected chi connectivity index (χ1v) is 9.08. The highest BCUT2D eigenvalue weighted by Crippen LogP contribution is 2.31. The molecule has 1 aliphatic rings. The van der Waals surface area contributed by atoms with Crippen LogP contribution in [-0.2, 0) is 16.6 Å². The largest absolute Gasteiger partial charge is 0.472 e. The van der Waals surface area contributed by atoms with Gasteiger partial charge in [-0.25, -0.2) is 18.4 Å². The van der Waals surface area contributed by atoms with Gasteiger partial charge >= 0.3 is 0 Å². The first kappa shape index (κ1) is 14.2. The molecular weight excluding hydrogens is 334 g/mol. The number of benzene rings is 1. The van der Waals surface area contributed by atoms with Gasteiger partial charge in [-0.05, 0) is 18.2 Å². The molecule has 0 saturated heterocycles. The molecule has 6 nitrogen and oxygen atoms in total. The van der Waals surface area contributed by atoms with Crippen molar-refractivity contribution < 1.29 is 12.8 Å². The van der Waals surface area contributed by atoms with E-state index in [-0.39, 0.29) is 11.4 Å². The standard InChI is InChI=1S/C15H11N3O3S2/c19-23(20)14-4-2-1-3-13(14)16-10-18(23)7-12-9-22-15(17-12)11-5-6-21-8-11/h1-6,8-10H,7H2. The van der Waals surface area contributed by atoms with Gasteiger partial charge in [0.15, 0.2) is 0 Å². The molecule has 3 aromatic rings. The molecule has 116 valence electrons. The van der Waals surface area contributed by atoms with Crippen molar-refractivity contribution in [1.82, 2.24) is 9.29 Å². The Balaban J connectivity index is 1.63. The Labute approximate surface area is 136 Å². The molecule has 0 spiro atoms. The lowest BCUT2D eigenvalue weighted by Gasteiger charge is -2.23. The van der Waals surface area contributed by atoms with Gasteiger partial charge in [0.05, 0.1) is 24.2 Å². The quantitative estimate of drug-likeness (QED) is 0.730. The summed E-state index contributed by atoms with van der Waals surface area (Å²) in [5.74, 6) is 0. The summed E-state index contributed by atoms with van der Waals surface area (Å²) in [5, 5.41) is 2.63. The number of nitrogens with zero attached hydrogens (tertiary/aromatic N) is 3. The topological polar surface area (TPSA) is 75.8 Å². The van der Waals surface area contributed by atoms with E-state index < -0.39 is 10.0 Å². The molecule has 0 fully saturated rings. The second-order valence-corrected chi connectivity index (χ2v) is 7.64. The minimum Gasteiger partial charge on any atom is -0.472 e. The maximum Gasteiger partial charge on any atom is 0.267 e. The van der Waals surface area contributed by atoms with Crippen LogP contribution in [0.1, 0.15) is 5.69 Å². The van der Waals surface area contributed by atoms with Crippen LogP contribution in [0.2, 0.25) is 0 Å². The summed E-state index contributed by atoms with van der Waals surface area (Å²) in [6.07, 6.45) is 4.53. The molecule has 1 aromatic carbocycles. The highest BCUT2D eigenvalue weighted by molar-refractivity contribution is 7.89. The van der Waals surface area contributed by atoms with Crippen molar-refractivity contribution in [2.45, 2.75) is 11.4 Å². The molecule has 1 aliphatic heterocycles. The Bertz CT molecular complexity index is 975. The molecule has 0 N–H and O–H groups in total. The average Bonchev–Trinajstić information content (AvgIpc) is 3.21. The van der Waals surface area contributed by atoms with Crippen LogP contribution >= 0.6 is 11.3 Å². The van der Waals surface area contributed by atoms with Crippen molar-refractivity contribution in [2.75, 3.05) is 0 Å². The fraction of sp³-hybridized carbons (Fsp3) is 0.0667. The van der Waals surface area contributed by atoms with Gasteiger partial charge in [0, 0.05) is 10.9 Å². The third kappa shape index (κ3) is 2.45. The SMILES string of the molecule is O=S1(=O)c2ccccc2N=CN1Cc1csc(-c2ccoc2)n1. The van der Waals surface area contributed by atoms with Crippen molar-refractivity contribution in [2.24, 2.45) is 4.99 Å². The summed E-state index contributed by atoms with van der Waals surface area (Å²) in [6.45, 7) is 0.147.